The third-order valence-corrected chi connectivity index (χ3v) is 2.19. The van der Waals surface area contributed by atoms with Crippen molar-refractivity contribution >= 4 is 31.5 Å². The maximum absolute atomic E-state index is 5.13. The molecule has 0 N–H and O–H groups in total. The van der Waals surface area contributed by atoms with Crippen LogP contribution in [0, 0.1) is 0 Å². The number of benzene rings is 1. The molecule has 1 rings (SSSR count). The fourth-order valence-electron chi connectivity index (χ4n) is 1.05. The molecule has 0 aliphatic heterocycles. The van der Waals surface area contributed by atoms with E-state index in [1.807, 2.05) is 6.07 Å². The van der Waals surface area contributed by atoms with Crippen LogP contribution in [0.2, 0.25) is 0 Å². The molecule has 0 heterocycles. The summed E-state index contributed by atoms with van der Waals surface area (Å²) < 4.78 is 15.4. The van der Waals surface area contributed by atoms with Crippen LogP contribution >= 0.6 is 26.2 Å². The Morgan fingerprint density at radius 2 is 1.29 bits per heavy atom. The maximum Gasteiger partial charge on any atom is 0.164 e. The first-order valence-electron chi connectivity index (χ1n) is 3.78. The van der Waals surface area contributed by atoms with Crippen LogP contribution in [0.15, 0.2) is 12.1 Å². The van der Waals surface area contributed by atoms with Crippen LogP contribution in [-0.4, -0.2) is 21.3 Å². The second kappa shape index (κ2) is 6.10. The molecule has 0 bridgehead atoms. The summed E-state index contributed by atoms with van der Waals surface area (Å²) in [6.45, 7) is 0. The Hall–Kier alpha value is -0.470. The van der Waals surface area contributed by atoms with Crippen LogP contribution in [-0.2, 0) is 0 Å². The summed E-state index contributed by atoms with van der Waals surface area (Å²) in [7, 11) is 7.40. The lowest BCUT2D eigenvalue weighted by atomic mass is 10.3. The number of hydrogen-bond donors (Lipinski definition) is 0. The molecular weight excluding hydrogens is 267 g/mol. The summed E-state index contributed by atoms with van der Waals surface area (Å²) >= 11 is 0. The Labute approximate surface area is 96.7 Å². The van der Waals surface area contributed by atoms with Crippen LogP contribution in [0.3, 0.4) is 0 Å². The van der Waals surface area contributed by atoms with Crippen molar-refractivity contribution in [2.75, 3.05) is 21.3 Å². The number of methoxy groups -OCH3 is 3. The third kappa shape index (κ3) is 2.76. The Morgan fingerprint density at radius 1 is 0.857 bits per heavy atom. The minimum absolute atomic E-state index is 0. The van der Waals surface area contributed by atoms with Crippen LogP contribution in [0.5, 0.6) is 17.2 Å². The van der Waals surface area contributed by atoms with E-state index in [0.717, 1.165) is 11.1 Å². The van der Waals surface area contributed by atoms with Gasteiger partial charge in [-0.2, -0.15) is 0 Å². The van der Waals surface area contributed by atoms with Gasteiger partial charge in [-0.25, -0.2) is 0 Å². The number of rotatable bonds is 3. The zero-order chi connectivity index (χ0) is 9.84. The van der Waals surface area contributed by atoms with E-state index in [4.69, 9.17) is 14.2 Å². The molecule has 0 aliphatic carbocycles. The monoisotopic (exact) mass is 280 g/mol. The Balaban J connectivity index is 0.00000169. The van der Waals surface area contributed by atoms with Crippen molar-refractivity contribution in [1.29, 1.82) is 0 Å². The fraction of sp³-hybridized carbons (Fsp3) is 0.333. The highest BCUT2D eigenvalue weighted by Gasteiger charge is 2.07. The molecule has 0 aliphatic rings. The van der Waals surface area contributed by atoms with Gasteiger partial charge in [-0.15, -0.1) is 26.2 Å². The first-order valence-corrected chi connectivity index (χ1v) is 4.36. The molecule has 0 amide bonds. The van der Waals surface area contributed by atoms with Crippen molar-refractivity contribution in [1.82, 2.24) is 0 Å². The zero-order valence-corrected chi connectivity index (χ0v) is 11.2. The summed E-state index contributed by atoms with van der Waals surface area (Å²) in [4.78, 5) is 0. The summed E-state index contributed by atoms with van der Waals surface area (Å²) in [6, 6.07) is 3.64. The van der Waals surface area contributed by atoms with Gasteiger partial charge >= 0.3 is 0 Å². The largest absolute Gasteiger partial charge is 0.496 e. The molecule has 0 radical (unpaired) electrons. The first kappa shape index (κ1) is 13.5. The van der Waals surface area contributed by atoms with Gasteiger partial charge in [-0.05, 0) is 6.07 Å². The van der Waals surface area contributed by atoms with Crippen molar-refractivity contribution in [3.05, 3.63) is 12.1 Å². The van der Waals surface area contributed by atoms with E-state index in [0.29, 0.717) is 11.5 Å². The standard InChI is InChI=1S/C9H13O3P.BrH/c1-10-6-4-8(12-3)9(13)5-7(6)11-2;/h4-5H,13H2,1-3H3;1H. The topological polar surface area (TPSA) is 27.7 Å². The van der Waals surface area contributed by atoms with Crippen molar-refractivity contribution in [2.45, 2.75) is 0 Å². The van der Waals surface area contributed by atoms with E-state index in [-0.39, 0.29) is 17.0 Å². The molecule has 14 heavy (non-hydrogen) atoms. The minimum atomic E-state index is 0. The second-order valence-corrected chi connectivity index (χ2v) is 3.07. The molecule has 3 nitrogen and oxygen atoms in total. The highest BCUT2D eigenvalue weighted by Crippen LogP contribution is 2.30. The molecule has 0 saturated carbocycles. The van der Waals surface area contributed by atoms with E-state index >= 15 is 0 Å². The predicted molar refractivity (Wildman–Crippen MR) is 65.8 cm³/mol. The highest BCUT2D eigenvalue weighted by atomic mass is 79.9. The Morgan fingerprint density at radius 3 is 1.71 bits per heavy atom. The summed E-state index contributed by atoms with van der Waals surface area (Å²) in [5, 5.41) is 0.945. The van der Waals surface area contributed by atoms with E-state index in [1.165, 1.54) is 0 Å². The normalized spacial score (nSPS) is 8.86. The molecular formula is C9H14BrO3P. The first-order chi connectivity index (χ1) is 6.22. The summed E-state index contributed by atoms with van der Waals surface area (Å²) in [5.74, 6) is 2.14. The van der Waals surface area contributed by atoms with Crippen molar-refractivity contribution in [3.63, 3.8) is 0 Å². The van der Waals surface area contributed by atoms with Gasteiger partial charge in [0.25, 0.3) is 0 Å². The molecule has 5 heteroatoms. The van der Waals surface area contributed by atoms with Crippen molar-refractivity contribution < 1.29 is 14.2 Å². The molecule has 80 valence electrons. The second-order valence-electron chi connectivity index (χ2n) is 2.45. The number of hydrogen-bond acceptors (Lipinski definition) is 3. The molecule has 0 spiro atoms. The molecule has 0 fully saturated rings. The van der Waals surface area contributed by atoms with E-state index in [1.54, 1.807) is 27.4 Å². The van der Waals surface area contributed by atoms with Gasteiger partial charge in [0.05, 0.1) is 21.3 Å². The molecule has 1 aromatic carbocycles. The van der Waals surface area contributed by atoms with Gasteiger partial charge in [-0.1, -0.05) is 0 Å². The lowest BCUT2D eigenvalue weighted by Gasteiger charge is -2.11. The van der Waals surface area contributed by atoms with Gasteiger partial charge in [0.2, 0.25) is 0 Å². The van der Waals surface area contributed by atoms with Crippen molar-refractivity contribution in [3.8, 4) is 17.2 Å². The molecule has 0 saturated heterocycles. The van der Waals surface area contributed by atoms with Crippen LogP contribution in [0.4, 0.5) is 0 Å². The van der Waals surface area contributed by atoms with Gasteiger partial charge in [0, 0.05) is 11.4 Å². The maximum atomic E-state index is 5.13. The Kier molecular flexibility index (Phi) is 5.89. The van der Waals surface area contributed by atoms with E-state index in [9.17, 15) is 0 Å². The number of ether oxygens (including phenoxy) is 3. The quantitative estimate of drug-likeness (QED) is 0.791. The van der Waals surface area contributed by atoms with E-state index in [2.05, 4.69) is 9.24 Å². The van der Waals surface area contributed by atoms with Gasteiger partial charge in [-0.3, -0.25) is 0 Å². The lowest BCUT2D eigenvalue weighted by molar-refractivity contribution is 0.350. The predicted octanol–water partition coefficient (Wildman–Crippen LogP) is 1.79. The Bertz CT molecular complexity index is 304. The number of halogens is 1. The van der Waals surface area contributed by atoms with Gasteiger partial charge < -0.3 is 14.2 Å². The average molecular weight is 281 g/mol. The highest BCUT2D eigenvalue weighted by molar-refractivity contribution is 8.93. The SMILES string of the molecule is Br.COc1cc(OC)c(OC)cc1P. The fourth-order valence-corrected chi connectivity index (χ4v) is 1.41. The van der Waals surface area contributed by atoms with Crippen LogP contribution in [0.1, 0.15) is 0 Å². The third-order valence-electron chi connectivity index (χ3n) is 1.74. The molecule has 1 aromatic rings. The van der Waals surface area contributed by atoms with Crippen molar-refractivity contribution in [2.24, 2.45) is 0 Å². The smallest absolute Gasteiger partial charge is 0.164 e. The minimum Gasteiger partial charge on any atom is -0.496 e. The zero-order valence-electron chi connectivity index (χ0n) is 8.37. The average Bonchev–Trinajstić information content (AvgIpc) is 2.17. The molecule has 0 aromatic heterocycles. The van der Waals surface area contributed by atoms with Crippen LogP contribution in [0.25, 0.3) is 0 Å². The summed E-state index contributed by atoms with van der Waals surface area (Å²) in [6.07, 6.45) is 0. The van der Waals surface area contributed by atoms with E-state index < -0.39 is 0 Å². The van der Waals surface area contributed by atoms with Crippen LogP contribution < -0.4 is 19.5 Å². The lowest BCUT2D eigenvalue weighted by Crippen LogP contribution is -2.01. The van der Waals surface area contributed by atoms with Gasteiger partial charge in [0.15, 0.2) is 11.5 Å². The summed E-state index contributed by atoms with van der Waals surface area (Å²) in [5.41, 5.74) is 0. The molecule has 1 atom stereocenters. The van der Waals surface area contributed by atoms with Gasteiger partial charge in [0.1, 0.15) is 5.75 Å². The molecule has 1 unspecified atom stereocenters.